The van der Waals surface area contributed by atoms with Gasteiger partial charge in [0.15, 0.2) is 0 Å². The van der Waals surface area contributed by atoms with E-state index in [1.165, 1.54) is 0 Å². The minimum Gasteiger partial charge on any atom is -0.399 e. The Morgan fingerprint density at radius 2 is 2.10 bits per heavy atom. The van der Waals surface area contributed by atoms with Gasteiger partial charge in [-0.3, -0.25) is 4.79 Å². The summed E-state index contributed by atoms with van der Waals surface area (Å²) >= 11 is 3.45. The van der Waals surface area contributed by atoms with Gasteiger partial charge in [-0.15, -0.1) is 0 Å². The van der Waals surface area contributed by atoms with Crippen molar-refractivity contribution in [1.29, 1.82) is 0 Å². The summed E-state index contributed by atoms with van der Waals surface area (Å²) in [4.78, 5) is 14.2. The van der Waals surface area contributed by atoms with E-state index in [1.54, 1.807) is 0 Å². The molecule has 3 nitrogen and oxygen atoms in total. The van der Waals surface area contributed by atoms with Gasteiger partial charge >= 0.3 is 0 Å². The van der Waals surface area contributed by atoms with Crippen molar-refractivity contribution in [3.63, 3.8) is 0 Å². The third-order valence-electron chi connectivity index (χ3n) is 4.15. The highest BCUT2D eigenvalue weighted by Crippen LogP contribution is 2.26. The molecule has 0 saturated carbocycles. The van der Waals surface area contributed by atoms with Crippen LogP contribution in [0.1, 0.15) is 38.7 Å². The molecule has 2 rings (SSSR count). The fraction of sp³-hybridized carbons (Fsp3) is 0.562. The molecule has 1 heterocycles. The van der Waals surface area contributed by atoms with Gasteiger partial charge in [0.2, 0.25) is 5.91 Å². The molecule has 4 heteroatoms. The number of rotatable bonds is 3. The largest absolute Gasteiger partial charge is 0.399 e. The molecule has 1 unspecified atom stereocenters. The Hall–Kier alpha value is -1.03. The van der Waals surface area contributed by atoms with Crippen LogP contribution in [0.5, 0.6) is 0 Å². The molecule has 2 N–H and O–H groups in total. The van der Waals surface area contributed by atoms with E-state index in [4.69, 9.17) is 5.73 Å². The summed E-state index contributed by atoms with van der Waals surface area (Å²) in [5.41, 5.74) is 7.68. The van der Waals surface area contributed by atoms with Crippen molar-refractivity contribution >= 4 is 27.5 Å². The molecule has 1 aromatic carbocycles. The Labute approximate surface area is 129 Å². The fourth-order valence-corrected chi connectivity index (χ4v) is 3.44. The lowest BCUT2D eigenvalue weighted by Gasteiger charge is -2.22. The molecular formula is C16H23BrN2O. The lowest BCUT2D eigenvalue weighted by Crippen LogP contribution is -2.29. The second-order valence-corrected chi connectivity index (χ2v) is 6.96. The van der Waals surface area contributed by atoms with Crippen LogP contribution in [0.15, 0.2) is 22.7 Å². The Kier molecular flexibility index (Phi) is 5.08. The molecule has 1 aromatic rings. The summed E-state index contributed by atoms with van der Waals surface area (Å²) in [6, 6.07) is 5.86. The number of nitrogens with two attached hydrogens (primary N) is 1. The fourth-order valence-electron chi connectivity index (χ4n) is 2.88. The Morgan fingerprint density at radius 3 is 2.75 bits per heavy atom. The predicted molar refractivity (Wildman–Crippen MR) is 86.2 cm³/mol. The number of nitrogen functional groups attached to an aromatic ring is 1. The average Bonchev–Trinajstić information content (AvgIpc) is 2.51. The smallest absolute Gasteiger partial charge is 0.222 e. The van der Waals surface area contributed by atoms with E-state index in [0.29, 0.717) is 24.8 Å². The van der Waals surface area contributed by atoms with Crippen molar-refractivity contribution in [2.75, 3.05) is 12.3 Å². The van der Waals surface area contributed by atoms with E-state index in [1.807, 2.05) is 23.1 Å². The molecule has 1 amide bonds. The number of carbonyl (C=O) groups excluding carboxylic acids is 1. The van der Waals surface area contributed by atoms with E-state index in [2.05, 4.69) is 29.8 Å². The maximum atomic E-state index is 12.2. The molecule has 0 radical (unpaired) electrons. The number of nitrogens with zero attached hydrogens (tertiary/aromatic N) is 1. The standard InChI is InChI=1S/C16H23BrN2O/c1-11(2)13-3-4-16(20)19(6-5-13)10-12-7-14(17)9-15(18)8-12/h7-9,11,13H,3-6,10,18H2,1-2H3. The molecule has 20 heavy (non-hydrogen) atoms. The van der Waals surface area contributed by atoms with Gasteiger partial charge in [-0.2, -0.15) is 0 Å². The molecule has 1 atom stereocenters. The van der Waals surface area contributed by atoms with Crippen LogP contribution in [0, 0.1) is 11.8 Å². The molecule has 1 aliphatic heterocycles. The van der Waals surface area contributed by atoms with Crippen LogP contribution in [0.2, 0.25) is 0 Å². The van der Waals surface area contributed by atoms with E-state index in [9.17, 15) is 4.79 Å². The first-order valence-corrected chi connectivity index (χ1v) is 8.07. The zero-order chi connectivity index (χ0) is 14.7. The number of hydrogen-bond donors (Lipinski definition) is 1. The van der Waals surface area contributed by atoms with Crippen molar-refractivity contribution in [3.8, 4) is 0 Å². The van der Waals surface area contributed by atoms with E-state index >= 15 is 0 Å². The first-order chi connectivity index (χ1) is 9.45. The average molecular weight is 339 g/mol. The number of amides is 1. The highest BCUT2D eigenvalue weighted by Gasteiger charge is 2.24. The summed E-state index contributed by atoms with van der Waals surface area (Å²) in [5.74, 6) is 1.59. The van der Waals surface area contributed by atoms with Gasteiger partial charge in [0.05, 0.1) is 0 Å². The number of hydrogen-bond acceptors (Lipinski definition) is 2. The quantitative estimate of drug-likeness (QED) is 0.851. The van der Waals surface area contributed by atoms with Gasteiger partial charge in [-0.25, -0.2) is 0 Å². The van der Waals surface area contributed by atoms with Crippen LogP contribution in [-0.4, -0.2) is 17.4 Å². The van der Waals surface area contributed by atoms with Crippen LogP contribution in [-0.2, 0) is 11.3 Å². The third-order valence-corrected chi connectivity index (χ3v) is 4.61. The van der Waals surface area contributed by atoms with Gasteiger partial charge in [0.1, 0.15) is 0 Å². The second kappa shape index (κ2) is 6.61. The normalized spacial score (nSPS) is 20.3. The molecule has 1 fully saturated rings. The van der Waals surface area contributed by atoms with Gasteiger partial charge in [-0.05, 0) is 48.4 Å². The number of benzene rings is 1. The van der Waals surface area contributed by atoms with E-state index < -0.39 is 0 Å². The monoisotopic (exact) mass is 338 g/mol. The first-order valence-electron chi connectivity index (χ1n) is 7.28. The summed E-state index contributed by atoms with van der Waals surface area (Å²) in [6.45, 7) is 6.01. The molecule has 0 spiro atoms. The predicted octanol–water partition coefficient (Wildman–Crippen LogP) is 3.82. The van der Waals surface area contributed by atoms with Gasteiger partial charge < -0.3 is 10.6 Å². The zero-order valence-corrected chi connectivity index (χ0v) is 13.8. The molecule has 1 aliphatic rings. The van der Waals surface area contributed by atoms with E-state index in [0.717, 1.165) is 35.1 Å². The Bertz CT molecular complexity index is 467. The minimum absolute atomic E-state index is 0.270. The summed E-state index contributed by atoms with van der Waals surface area (Å²) < 4.78 is 0.967. The highest BCUT2D eigenvalue weighted by atomic mass is 79.9. The van der Waals surface area contributed by atoms with Crippen molar-refractivity contribution in [1.82, 2.24) is 4.90 Å². The SMILES string of the molecule is CC(C)C1CCC(=O)N(Cc2cc(N)cc(Br)c2)CC1. The van der Waals surface area contributed by atoms with Gasteiger partial charge in [0.25, 0.3) is 0 Å². The number of halogens is 1. The van der Waals surface area contributed by atoms with Gasteiger partial charge in [0, 0.05) is 29.7 Å². The van der Waals surface area contributed by atoms with Crippen molar-refractivity contribution in [3.05, 3.63) is 28.2 Å². The lowest BCUT2D eigenvalue weighted by atomic mass is 9.89. The van der Waals surface area contributed by atoms with Crippen LogP contribution >= 0.6 is 15.9 Å². The van der Waals surface area contributed by atoms with Crippen molar-refractivity contribution in [2.45, 2.75) is 39.7 Å². The molecule has 0 bridgehead atoms. The minimum atomic E-state index is 0.270. The van der Waals surface area contributed by atoms with Crippen molar-refractivity contribution < 1.29 is 4.79 Å². The van der Waals surface area contributed by atoms with Gasteiger partial charge in [-0.1, -0.05) is 29.8 Å². The molecule has 0 aliphatic carbocycles. The first kappa shape index (κ1) is 15.4. The number of anilines is 1. The third kappa shape index (κ3) is 3.98. The Balaban J connectivity index is 2.06. The number of likely N-dealkylation sites (tertiary alicyclic amines) is 1. The topological polar surface area (TPSA) is 46.3 Å². The summed E-state index contributed by atoms with van der Waals surface area (Å²) in [7, 11) is 0. The maximum absolute atomic E-state index is 12.2. The summed E-state index contributed by atoms with van der Waals surface area (Å²) in [6.07, 6.45) is 2.80. The highest BCUT2D eigenvalue weighted by molar-refractivity contribution is 9.10. The zero-order valence-electron chi connectivity index (χ0n) is 12.2. The van der Waals surface area contributed by atoms with Crippen LogP contribution < -0.4 is 5.73 Å². The molecular weight excluding hydrogens is 316 g/mol. The second-order valence-electron chi connectivity index (χ2n) is 6.04. The molecule has 1 saturated heterocycles. The van der Waals surface area contributed by atoms with Crippen LogP contribution in [0.4, 0.5) is 5.69 Å². The van der Waals surface area contributed by atoms with E-state index in [-0.39, 0.29) is 5.91 Å². The number of carbonyl (C=O) groups is 1. The molecule has 110 valence electrons. The van der Waals surface area contributed by atoms with Crippen molar-refractivity contribution in [2.24, 2.45) is 11.8 Å². The lowest BCUT2D eigenvalue weighted by molar-refractivity contribution is -0.131. The maximum Gasteiger partial charge on any atom is 0.222 e. The molecule has 0 aromatic heterocycles. The van der Waals surface area contributed by atoms with Crippen LogP contribution in [0.3, 0.4) is 0 Å². The van der Waals surface area contributed by atoms with Crippen LogP contribution in [0.25, 0.3) is 0 Å². The Morgan fingerprint density at radius 1 is 1.35 bits per heavy atom. The summed E-state index contributed by atoms with van der Waals surface area (Å²) in [5, 5.41) is 0.